The molecule has 0 spiro atoms. The number of benzene rings is 2. The number of ether oxygens (including phenoxy) is 1. The molecule has 2 unspecified atom stereocenters. The largest absolute Gasteiger partial charge is 0.481 e. The second-order valence-electron chi connectivity index (χ2n) is 10.2. The lowest BCUT2D eigenvalue weighted by atomic mass is 9.84. The summed E-state index contributed by atoms with van der Waals surface area (Å²) < 4.78 is 5.49. The maximum Gasteiger partial charge on any atom is 0.407 e. The standard InChI is InChI=1S/C27H34N2O5/c1-17(24(30)28-15-18(25(31)32)13-27(2,3)4)14-29-26(33)34-16-23-21-11-7-5-9-19(21)20-10-6-8-12-22(20)23/h5-12,17-18,23H,13-16H2,1-4H3,(H,28,30)(H,29,33)(H,31,32). The van der Waals surface area contributed by atoms with Gasteiger partial charge in [-0.1, -0.05) is 76.2 Å². The number of carbonyl (C=O) groups is 3. The summed E-state index contributed by atoms with van der Waals surface area (Å²) in [6, 6.07) is 16.2. The lowest BCUT2D eigenvalue weighted by molar-refractivity contribution is -0.142. The Bertz CT molecular complexity index is 998. The van der Waals surface area contributed by atoms with E-state index in [1.165, 1.54) is 0 Å². The maximum atomic E-state index is 12.4. The summed E-state index contributed by atoms with van der Waals surface area (Å²) in [6.45, 7) is 7.93. The quantitative estimate of drug-likeness (QED) is 0.508. The molecule has 0 fully saturated rings. The minimum Gasteiger partial charge on any atom is -0.481 e. The number of rotatable bonds is 9. The van der Waals surface area contributed by atoms with Crippen molar-refractivity contribution in [3.8, 4) is 11.1 Å². The van der Waals surface area contributed by atoms with Crippen LogP contribution in [0.2, 0.25) is 0 Å². The van der Waals surface area contributed by atoms with Crippen LogP contribution < -0.4 is 10.6 Å². The minimum atomic E-state index is -0.931. The molecule has 7 heteroatoms. The number of hydrogen-bond acceptors (Lipinski definition) is 4. The highest BCUT2D eigenvalue weighted by atomic mass is 16.5. The Kier molecular flexibility index (Phi) is 7.97. The molecule has 1 aliphatic rings. The van der Waals surface area contributed by atoms with Gasteiger partial charge in [-0.15, -0.1) is 0 Å². The van der Waals surface area contributed by atoms with E-state index in [2.05, 4.69) is 34.9 Å². The van der Waals surface area contributed by atoms with E-state index in [9.17, 15) is 19.5 Å². The molecule has 0 saturated heterocycles. The van der Waals surface area contributed by atoms with Crippen molar-refractivity contribution in [2.45, 2.75) is 40.0 Å². The molecule has 2 aromatic carbocycles. The van der Waals surface area contributed by atoms with Gasteiger partial charge in [0, 0.05) is 19.0 Å². The number of carboxylic acid groups (broad SMARTS) is 1. The Morgan fingerprint density at radius 1 is 0.941 bits per heavy atom. The number of aliphatic carboxylic acids is 1. The number of fused-ring (bicyclic) bond motifs is 3. The highest BCUT2D eigenvalue weighted by Gasteiger charge is 2.29. The van der Waals surface area contributed by atoms with Gasteiger partial charge in [-0.3, -0.25) is 9.59 Å². The number of hydrogen-bond donors (Lipinski definition) is 3. The van der Waals surface area contributed by atoms with E-state index in [4.69, 9.17) is 4.74 Å². The average Bonchev–Trinajstić information content (AvgIpc) is 3.11. The SMILES string of the molecule is CC(CNC(=O)OCC1c2ccccc2-c2ccccc21)C(=O)NCC(CC(C)(C)C)C(=O)O. The van der Waals surface area contributed by atoms with Crippen LogP contribution in [0.15, 0.2) is 48.5 Å². The Balaban J connectivity index is 1.47. The van der Waals surface area contributed by atoms with Crippen molar-refractivity contribution in [3.05, 3.63) is 59.7 Å². The Hall–Kier alpha value is -3.35. The average molecular weight is 467 g/mol. The topological polar surface area (TPSA) is 105 Å². The predicted octanol–water partition coefficient (Wildman–Crippen LogP) is 4.41. The molecule has 2 amide bonds. The monoisotopic (exact) mass is 466 g/mol. The molecule has 0 radical (unpaired) electrons. The second kappa shape index (κ2) is 10.7. The number of carbonyl (C=O) groups excluding carboxylic acids is 2. The van der Waals surface area contributed by atoms with Crippen molar-refractivity contribution >= 4 is 18.0 Å². The number of carboxylic acids is 1. The van der Waals surface area contributed by atoms with Crippen LogP contribution in [0.4, 0.5) is 4.79 Å². The Morgan fingerprint density at radius 3 is 2.03 bits per heavy atom. The smallest absolute Gasteiger partial charge is 0.407 e. The van der Waals surface area contributed by atoms with Gasteiger partial charge in [0.1, 0.15) is 6.61 Å². The van der Waals surface area contributed by atoms with E-state index in [1.807, 2.05) is 45.0 Å². The van der Waals surface area contributed by atoms with Gasteiger partial charge in [0.05, 0.1) is 11.8 Å². The molecule has 1 aliphatic carbocycles. The first kappa shape index (κ1) is 25.3. The van der Waals surface area contributed by atoms with Crippen LogP contribution in [0.5, 0.6) is 0 Å². The fourth-order valence-corrected chi connectivity index (χ4v) is 4.36. The van der Waals surface area contributed by atoms with Gasteiger partial charge < -0.3 is 20.5 Å². The molecule has 0 aliphatic heterocycles. The van der Waals surface area contributed by atoms with Crippen molar-refractivity contribution < 1.29 is 24.2 Å². The van der Waals surface area contributed by atoms with Gasteiger partial charge in [0.25, 0.3) is 0 Å². The van der Waals surface area contributed by atoms with Gasteiger partial charge in [0.15, 0.2) is 0 Å². The van der Waals surface area contributed by atoms with Crippen LogP contribution in [-0.4, -0.2) is 42.8 Å². The molecular formula is C27H34N2O5. The van der Waals surface area contributed by atoms with Gasteiger partial charge in [-0.25, -0.2) is 4.79 Å². The Morgan fingerprint density at radius 2 is 1.50 bits per heavy atom. The lowest BCUT2D eigenvalue weighted by Crippen LogP contribution is -2.41. The van der Waals surface area contributed by atoms with Crippen molar-refractivity contribution in [1.82, 2.24) is 10.6 Å². The van der Waals surface area contributed by atoms with Gasteiger partial charge in [-0.05, 0) is 34.1 Å². The molecule has 0 bridgehead atoms. The summed E-state index contributed by atoms with van der Waals surface area (Å²) >= 11 is 0. The second-order valence-corrected chi connectivity index (χ2v) is 10.2. The maximum absolute atomic E-state index is 12.4. The van der Waals surface area contributed by atoms with E-state index in [0.29, 0.717) is 6.42 Å². The van der Waals surface area contributed by atoms with Crippen molar-refractivity contribution in [2.75, 3.05) is 19.7 Å². The molecule has 0 saturated carbocycles. The normalized spacial score (nSPS) is 14.5. The molecule has 2 atom stereocenters. The molecular weight excluding hydrogens is 432 g/mol. The third-order valence-electron chi connectivity index (χ3n) is 6.07. The van der Waals surface area contributed by atoms with Crippen molar-refractivity contribution in [1.29, 1.82) is 0 Å². The number of alkyl carbamates (subject to hydrolysis) is 1. The van der Waals surface area contributed by atoms with Crippen molar-refractivity contribution in [3.63, 3.8) is 0 Å². The van der Waals surface area contributed by atoms with Crippen LogP contribution in [-0.2, 0) is 14.3 Å². The molecule has 34 heavy (non-hydrogen) atoms. The summed E-state index contributed by atoms with van der Waals surface area (Å²) in [5.41, 5.74) is 4.41. The van der Waals surface area contributed by atoms with Crippen LogP contribution >= 0.6 is 0 Å². The first-order valence-electron chi connectivity index (χ1n) is 11.7. The van der Waals surface area contributed by atoms with Gasteiger partial charge in [0.2, 0.25) is 5.91 Å². The highest BCUT2D eigenvalue weighted by Crippen LogP contribution is 2.44. The predicted molar refractivity (Wildman–Crippen MR) is 130 cm³/mol. The lowest BCUT2D eigenvalue weighted by Gasteiger charge is -2.24. The van der Waals surface area contributed by atoms with Crippen molar-refractivity contribution in [2.24, 2.45) is 17.3 Å². The third-order valence-corrected chi connectivity index (χ3v) is 6.07. The molecule has 2 aromatic rings. The fraction of sp³-hybridized carbons (Fsp3) is 0.444. The first-order chi connectivity index (χ1) is 16.1. The summed E-state index contributed by atoms with van der Waals surface area (Å²) in [7, 11) is 0. The molecule has 7 nitrogen and oxygen atoms in total. The zero-order valence-electron chi connectivity index (χ0n) is 20.3. The summed E-state index contributed by atoms with van der Waals surface area (Å²) in [5.74, 6) is -2.45. The summed E-state index contributed by atoms with van der Waals surface area (Å²) in [6.07, 6.45) is -0.132. The van der Waals surface area contributed by atoms with Crippen LogP contribution in [0.25, 0.3) is 11.1 Å². The molecule has 0 aromatic heterocycles. The third kappa shape index (κ3) is 6.37. The molecule has 0 heterocycles. The molecule has 3 N–H and O–H groups in total. The fourth-order valence-electron chi connectivity index (χ4n) is 4.36. The molecule has 3 rings (SSSR count). The minimum absolute atomic E-state index is 0.0327. The molecule has 182 valence electrons. The summed E-state index contributed by atoms with van der Waals surface area (Å²) in [5, 5.41) is 14.8. The van der Waals surface area contributed by atoms with Crippen LogP contribution in [0.3, 0.4) is 0 Å². The highest BCUT2D eigenvalue weighted by molar-refractivity contribution is 5.81. The van der Waals surface area contributed by atoms with E-state index in [0.717, 1.165) is 22.3 Å². The zero-order valence-corrected chi connectivity index (χ0v) is 20.3. The first-order valence-corrected chi connectivity index (χ1v) is 11.7. The van der Waals surface area contributed by atoms with Gasteiger partial charge >= 0.3 is 12.1 Å². The van der Waals surface area contributed by atoms with E-state index in [1.54, 1.807) is 6.92 Å². The van der Waals surface area contributed by atoms with Crippen LogP contribution in [0, 0.1) is 17.3 Å². The van der Waals surface area contributed by atoms with Crippen LogP contribution in [0.1, 0.15) is 51.2 Å². The van der Waals surface area contributed by atoms with Gasteiger partial charge in [-0.2, -0.15) is 0 Å². The zero-order chi connectivity index (χ0) is 24.9. The number of amides is 2. The van der Waals surface area contributed by atoms with E-state index < -0.39 is 23.9 Å². The van der Waals surface area contributed by atoms with E-state index in [-0.39, 0.29) is 36.9 Å². The number of nitrogens with one attached hydrogen (secondary N) is 2. The Labute approximate surface area is 200 Å². The van der Waals surface area contributed by atoms with E-state index >= 15 is 0 Å². The summed E-state index contributed by atoms with van der Waals surface area (Å²) in [4.78, 5) is 36.2.